The molecule has 200 valence electrons. The Morgan fingerprint density at radius 2 is 1.90 bits per heavy atom. The highest BCUT2D eigenvalue weighted by Gasteiger charge is 2.54. The molecule has 5 rings (SSSR count). The standard InChI is InChI=1S/C27H20BrCl2FN4O4/c1-34-12-23(33-14-34)25(37)15-8-19-24(21(31)9-15)27(39-7-6-36,16-2-4-17(29)5-3-16)35(26(19)38)13-22-20(28)10-18(30)11-32-22/h2-5,8-12,14,36H,6-7,13H2,1H3. The number of aromatic nitrogens is 3. The van der Waals surface area contributed by atoms with Gasteiger partial charge in [-0.2, -0.15) is 0 Å². The van der Waals surface area contributed by atoms with Gasteiger partial charge in [0.1, 0.15) is 11.5 Å². The third-order valence-corrected chi connectivity index (χ3v) is 7.46. The molecule has 12 heteroatoms. The first-order valence-electron chi connectivity index (χ1n) is 11.6. The van der Waals surface area contributed by atoms with Crippen LogP contribution in [0.1, 0.15) is 43.2 Å². The number of aliphatic hydroxyl groups is 1. The van der Waals surface area contributed by atoms with Crippen LogP contribution in [-0.4, -0.2) is 49.4 Å². The number of nitrogens with zero attached hydrogens (tertiary/aromatic N) is 4. The lowest BCUT2D eigenvalue weighted by Gasteiger charge is -2.39. The molecule has 2 aromatic heterocycles. The van der Waals surface area contributed by atoms with E-state index in [1.54, 1.807) is 41.9 Å². The Kier molecular flexibility index (Phi) is 7.58. The highest BCUT2D eigenvalue weighted by molar-refractivity contribution is 9.10. The Labute approximate surface area is 241 Å². The van der Waals surface area contributed by atoms with Crippen molar-refractivity contribution in [1.29, 1.82) is 0 Å². The van der Waals surface area contributed by atoms with Crippen LogP contribution in [0.3, 0.4) is 0 Å². The Hall–Kier alpha value is -3.15. The van der Waals surface area contributed by atoms with Gasteiger partial charge in [0.25, 0.3) is 5.91 Å². The van der Waals surface area contributed by atoms with Gasteiger partial charge in [-0.1, -0.05) is 35.3 Å². The van der Waals surface area contributed by atoms with Crippen LogP contribution >= 0.6 is 39.1 Å². The number of carbonyl (C=O) groups excluding carboxylic acids is 2. The van der Waals surface area contributed by atoms with E-state index in [4.69, 9.17) is 27.9 Å². The quantitative estimate of drug-likeness (QED) is 0.271. The minimum absolute atomic E-state index is 0.0434. The Bertz CT molecular complexity index is 1600. The molecule has 4 aromatic rings. The highest BCUT2D eigenvalue weighted by atomic mass is 79.9. The molecule has 2 aromatic carbocycles. The number of rotatable bonds is 8. The summed E-state index contributed by atoms with van der Waals surface area (Å²) in [5.74, 6) is -1.98. The fraction of sp³-hybridized carbons (Fsp3) is 0.185. The highest BCUT2D eigenvalue weighted by Crippen LogP contribution is 2.48. The molecular weight excluding hydrogens is 614 g/mol. The summed E-state index contributed by atoms with van der Waals surface area (Å²) in [6, 6.07) is 10.5. The number of ether oxygens (including phenoxy) is 1. The van der Waals surface area contributed by atoms with Crippen LogP contribution in [0.2, 0.25) is 10.0 Å². The summed E-state index contributed by atoms with van der Waals surface area (Å²) in [7, 11) is 1.70. The lowest BCUT2D eigenvalue weighted by Crippen LogP contribution is -2.47. The van der Waals surface area contributed by atoms with Gasteiger partial charge in [0, 0.05) is 40.1 Å². The lowest BCUT2D eigenvalue weighted by molar-refractivity contribution is -0.120. The van der Waals surface area contributed by atoms with E-state index in [1.807, 2.05) is 0 Å². The zero-order valence-electron chi connectivity index (χ0n) is 20.4. The maximum absolute atomic E-state index is 16.2. The van der Waals surface area contributed by atoms with E-state index in [9.17, 15) is 14.7 Å². The van der Waals surface area contributed by atoms with Crippen molar-refractivity contribution in [3.05, 3.63) is 115 Å². The van der Waals surface area contributed by atoms with Gasteiger partial charge in [-0.05, 0) is 46.3 Å². The molecule has 3 heterocycles. The van der Waals surface area contributed by atoms with E-state index in [1.165, 1.54) is 29.7 Å². The van der Waals surface area contributed by atoms with Gasteiger partial charge in [0.05, 0.1) is 47.9 Å². The number of aliphatic hydroxyl groups excluding tert-OH is 1. The maximum atomic E-state index is 16.2. The van der Waals surface area contributed by atoms with Crippen LogP contribution < -0.4 is 0 Å². The molecule has 0 saturated carbocycles. The fourth-order valence-electron chi connectivity index (χ4n) is 4.65. The summed E-state index contributed by atoms with van der Waals surface area (Å²) in [6.45, 7) is -0.745. The molecule has 0 bridgehead atoms. The normalized spacial score (nSPS) is 16.6. The van der Waals surface area contributed by atoms with Crippen molar-refractivity contribution in [2.45, 2.75) is 12.3 Å². The molecule has 39 heavy (non-hydrogen) atoms. The molecule has 1 aliphatic heterocycles. The molecule has 1 N–H and O–H groups in total. The zero-order valence-corrected chi connectivity index (χ0v) is 23.5. The van der Waals surface area contributed by atoms with Crippen molar-refractivity contribution in [3.63, 3.8) is 0 Å². The summed E-state index contributed by atoms with van der Waals surface area (Å²) in [4.78, 5) is 36.9. The second kappa shape index (κ2) is 10.8. The first-order valence-corrected chi connectivity index (χ1v) is 13.2. The van der Waals surface area contributed by atoms with Crippen molar-refractivity contribution in [3.8, 4) is 0 Å². The average Bonchev–Trinajstić information content (AvgIpc) is 3.44. The molecule has 0 spiro atoms. The molecule has 0 saturated heterocycles. The van der Waals surface area contributed by atoms with E-state index in [2.05, 4.69) is 25.9 Å². The number of aryl methyl sites for hydroxylation is 1. The van der Waals surface area contributed by atoms with Gasteiger partial charge in [0.15, 0.2) is 5.72 Å². The van der Waals surface area contributed by atoms with Crippen LogP contribution in [0.25, 0.3) is 0 Å². The van der Waals surface area contributed by atoms with E-state index in [0.717, 1.165) is 6.07 Å². The first kappa shape index (κ1) is 27.4. The Morgan fingerprint density at radius 3 is 2.54 bits per heavy atom. The third kappa shape index (κ3) is 4.87. The van der Waals surface area contributed by atoms with Gasteiger partial charge in [-0.25, -0.2) is 9.37 Å². The smallest absolute Gasteiger partial charge is 0.257 e. The topological polar surface area (TPSA) is 97.6 Å². The number of ketones is 1. The van der Waals surface area contributed by atoms with Crippen LogP contribution in [0, 0.1) is 5.82 Å². The molecule has 0 fully saturated rings. The van der Waals surface area contributed by atoms with Gasteiger partial charge in [-0.15, -0.1) is 0 Å². The average molecular weight is 634 g/mol. The number of halogens is 4. The van der Waals surface area contributed by atoms with E-state index in [0.29, 0.717) is 25.8 Å². The second-order valence-corrected chi connectivity index (χ2v) is 10.6. The molecule has 8 nitrogen and oxygen atoms in total. The summed E-state index contributed by atoms with van der Waals surface area (Å²) in [5, 5.41) is 10.5. The number of pyridine rings is 1. The summed E-state index contributed by atoms with van der Waals surface area (Å²) >= 11 is 15.6. The minimum atomic E-state index is -1.81. The predicted octanol–water partition coefficient (Wildman–Crippen LogP) is 5.12. The predicted molar refractivity (Wildman–Crippen MR) is 145 cm³/mol. The van der Waals surface area contributed by atoms with Crippen molar-refractivity contribution in [2.24, 2.45) is 7.05 Å². The summed E-state index contributed by atoms with van der Waals surface area (Å²) in [5.41, 5.74) is -1.08. The zero-order chi connectivity index (χ0) is 27.9. The number of amides is 1. The second-order valence-electron chi connectivity index (χ2n) is 8.83. The monoisotopic (exact) mass is 632 g/mol. The molecule has 1 amide bonds. The number of hydrogen-bond acceptors (Lipinski definition) is 6. The van der Waals surface area contributed by atoms with Crippen LogP contribution in [0.4, 0.5) is 4.39 Å². The molecule has 0 aliphatic carbocycles. The SMILES string of the molecule is Cn1cnc(C(=O)c2cc(F)c3c(c2)C(=O)N(Cc2ncc(Cl)cc2Br)C3(OCCO)c2ccc(Cl)cc2)c1. The van der Waals surface area contributed by atoms with E-state index < -0.39 is 29.8 Å². The largest absolute Gasteiger partial charge is 0.394 e. The number of carbonyl (C=O) groups is 2. The molecule has 1 atom stereocenters. The van der Waals surface area contributed by atoms with Crippen molar-refractivity contribution < 1.29 is 23.8 Å². The summed E-state index contributed by atoms with van der Waals surface area (Å²) < 4.78 is 24.5. The van der Waals surface area contributed by atoms with Crippen LogP contribution in [-0.2, 0) is 24.1 Å². The number of imidazole rings is 1. The Balaban J connectivity index is 1.73. The van der Waals surface area contributed by atoms with E-state index in [-0.39, 0.29) is 35.5 Å². The van der Waals surface area contributed by atoms with Gasteiger partial charge in [-0.3, -0.25) is 19.5 Å². The van der Waals surface area contributed by atoms with Crippen molar-refractivity contribution in [1.82, 2.24) is 19.4 Å². The number of fused-ring (bicyclic) bond motifs is 1. The Morgan fingerprint density at radius 1 is 1.15 bits per heavy atom. The number of benzene rings is 2. The lowest BCUT2D eigenvalue weighted by atomic mass is 9.91. The van der Waals surface area contributed by atoms with Crippen LogP contribution in [0.15, 0.2) is 65.7 Å². The maximum Gasteiger partial charge on any atom is 0.257 e. The molecule has 1 aliphatic rings. The van der Waals surface area contributed by atoms with Gasteiger partial charge in [0.2, 0.25) is 5.78 Å². The number of hydrogen-bond donors (Lipinski definition) is 1. The molecule has 1 unspecified atom stereocenters. The van der Waals surface area contributed by atoms with E-state index >= 15 is 4.39 Å². The minimum Gasteiger partial charge on any atom is -0.394 e. The molecular formula is C27H20BrCl2FN4O4. The third-order valence-electron chi connectivity index (χ3n) is 6.31. The van der Waals surface area contributed by atoms with Gasteiger partial charge < -0.3 is 14.4 Å². The van der Waals surface area contributed by atoms with Crippen LogP contribution in [0.5, 0.6) is 0 Å². The van der Waals surface area contributed by atoms with Gasteiger partial charge >= 0.3 is 0 Å². The first-order chi connectivity index (χ1) is 18.6. The van der Waals surface area contributed by atoms with Crippen molar-refractivity contribution >= 4 is 50.8 Å². The summed E-state index contributed by atoms with van der Waals surface area (Å²) in [6.07, 6.45) is 4.39. The van der Waals surface area contributed by atoms with Crippen molar-refractivity contribution in [2.75, 3.05) is 13.2 Å². The fourth-order valence-corrected chi connectivity index (χ4v) is 5.54. The molecule has 0 radical (unpaired) electrons.